The first-order valence-corrected chi connectivity index (χ1v) is 6.82. The van der Waals surface area contributed by atoms with Crippen LogP contribution in [0.4, 0.5) is 11.4 Å². The van der Waals surface area contributed by atoms with Gasteiger partial charge in [0.2, 0.25) is 0 Å². The Morgan fingerprint density at radius 1 is 1.23 bits per heavy atom. The lowest BCUT2D eigenvalue weighted by Gasteiger charge is -2.08. The van der Waals surface area contributed by atoms with Crippen LogP contribution in [0, 0.1) is 24.0 Å². The third-order valence-corrected chi connectivity index (χ3v) is 3.05. The lowest BCUT2D eigenvalue weighted by molar-refractivity contribution is -0.384. The van der Waals surface area contributed by atoms with Gasteiger partial charge in [0.25, 0.3) is 5.69 Å². The van der Waals surface area contributed by atoms with Crippen LogP contribution in [0.15, 0.2) is 47.5 Å². The van der Waals surface area contributed by atoms with Crippen LogP contribution in [0.3, 0.4) is 0 Å². The number of hydrogen-bond acceptors (Lipinski definition) is 3. The number of nitrogens with two attached hydrogens (primary N) is 1. The number of nitro groups is 1. The molecule has 0 aliphatic carbocycles. The maximum Gasteiger partial charge on any atom is 0.269 e. The number of nitrogens with zero attached hydrogens (tertiary/aromatic N) is 2. The zero-order chi connectivity index (χ0) is 16.1. The molecule has 0 heterocycles. The van der Waals surface area contributed by atoms with Crippen molar-refractivity contribution in [2.24, 2.45) is 10.7 Å². The van der Waals surface area contributed by atoms with Crippen molar-refractivity contribution >= 4 is 17.3 Å². The van der Waals surface area contributed by atoms with Gasteiger partial charge in [-0.05, 0) is 42.7 Å². The van der Waals surface area contributed by atoms with Crippen molar-refractivity contribution < 1.29 is 4.92 Å². The van der Waals surface area contributed by atoms with Gasteiger partial charge >= 0.3 is 0 Å². The highest BCUT2D eigenvalue weighted by Crippen LogP contribution is 2.15. The van der Waals surface area contributed by atoms with Crippen molar-refractivity contribution in [1.29, 1.82) is 0 Å². The molecule has 0 amide bonds. The number of guanidine groups is 1. The van der Waals surface area contributed by atoms with Crippen molar-refractivity contribution in [3.63, 3.8) is 0 Å². The molecular weight excluding hydrogens is 280 g/mol. The number of nitrogens with one attached hydrogen (secondary N) is 1. The Kier molecular flexibility index (Phi) is 4.73. The van der Waals surface area contributed by atoms with E-state index in [0.717, 1.165) is 22.4 Å². The lowest BCUT2D eigenvalue weighted by atomic mass is 10.1. The summed E-state index contributed by atoms with van der Waals surface area (Å²) in [4.78, 5) is 14.5. The van der Waals surface area contributed by atoms with E-state index in [2.05, 4.69) is 16.4 Å². The number of hydrogen-bond donors (Lipinski definition) is 2. The summed E-state index contributed by atoms with van der Waals surface area (Å²) < 4.78 is 0. The smallest absolute Gasteiger partial charge is 0.269 e. The Bertz CT molecular complexity index is 706. The minimum atomic E-state index is -0.426. The number of aliphatic imine (C=N–C) groups is 1. The summed E-state index contributed by atoms with van der Waals surface area (Å²) in [7, 11) is 0. The quantitative estimate of drug-likeness (QED) is 0.392. The number of anilines is 1. The second-order valence-corrected chi connectivity index (χ2v) is 5.13. The van der Waals surface area contributed by atoms with Crippen LogP contribution in [-0.4, -0.2) is 10.9 Å². The fourth-order valence-electron chi connectivity index (χ4n) is 2.18. The topological polar surface area (TPSA) is 93.5 Å². The first-order chi connectivity index (χ1) is 10.4. The minimum absolute atomic E-state index is 0.0496. The molecule has 0 aliphatic heterocycles. The maximum atomic E-state index is 10.7. The highest BCUT2D eigenvalue weighted by molar-refractivity contribution is 5.92. The molecule has 0 fully saturated rings. The third-order valence-electron chi connectivity index (χ3n) is 3.05. The summed E-state index contributed by atoms with van der Waals surface area (Å²) in [5, 5.41) is 13.8. The van der Waals surface area contributed by atoms with Gasteiger partial charge in [0, 0.05) is 17.8 Å². The van der Waals surface area contributed by atoms with E-state index in [9.17, 15) is 10.1 Å². The molecule has 2 rings (SSSR count). The van der Waals surface area contributed by atoms with Crippen LogP contribution in [0.1, 0.15) is 16.7 Å². The van der Waals surface area contributed by atoms with Crippen LogP contribution < -0.4 is 11.1 Å². The number of aryl methyl sites for hydroxylation is 2. The van der Waals surface area contributed by atoms with Crippen molar-refractivity contribution in [3.8, 4) is 0 Å². The molecular formula is C16H18N4O2. The van der Waals surface area contributed by atoms with Gasteiger partial charge < -0.3 is 11.1 Å². The van der Waals surface area contributed by atoms with E-state index in [1.54, 1.807) is 12.1 Å². The summed E-state index contributed by atoms with van der Waals surface area (Å²) in [6, 6.07) is 12.4. The van der Waals surface area contributed by atoms with Gasteiger partial charge in [0.05, 0.1) is 11.5 Å². The number of non-ortho nitro benzene ring substituents is 1. The standard InChI is InChI=1S/C16H18N4O2/c1-11-6-12(2)8-14(7-11)19-16(17)18-10-13-4-3-5-15(9-13)20(21)22/h3-9H,10H2,1-2H3,(H3,17,18,19). The van der Waals surface area contributed by atoms with Crippen molar-refractivity contribution in [2.75, 3.05) is 5.32 Å². The number of nitro benzene ring substituents is 1. The van der Waals surface area contributed by atoms with E-state index in [4.69, 9.17) is 5.73 Å². The van der Waals surface area contributed by atoms with E-state index in [-0.39, 0.29) is 18.2 Å². The normalized spacial score (nSPS) is 11.3. The molecule has 6 heteroatoms. The van der Waals surface area contributed by atoms with Crippen LogP contribution in [-0.2, 0) is 6.54 Å². The van der Waals surface area contributed by atoms with E-state index in [1.165, 1.54) is 12.1 Å². The monoisotopic (exact) mass is 298 g/mol. The molecule has 0 spiro atoms. The summed E-state index contributed by atoms with van der Waals surface area (Å²) in [6.07, 6.45) is 0. The summed E-state index contributed by atoms with van der Waals surface area (Å²) in [6.45, 7) is 4.30. The molecule has 3 N–H and O–H groups in total. The molecule has 0 aromatic heterocycles. The average Bonchev–Trinajstić information content (AvgIpc) is 2.44. The predicted molar refractivity (Wildman–Crippen MR) is 88.0 cm³/mol. The Morgan fingerprint density at radius 2 is 1.91 bits per heavy atom. The average molecular weight is 298 g/mol. The van der Waals surface area contributed by atoms with Gasteiger partial charge in [-0.15, -0.1) is 0 Å². The highest BCUT2D eigenvalue weighted by atomic mass is 16.6. The molecule has 114 valence electrons. The molecule has 0 bridgehead atoms. The van der Waals surface area contributed by atoms with Gasteiger partial charge in [0.15, 0.2) is 5.96 Å². The second kappa shape index (κ2) is 6.71. The summed E-state index contributed by atoms with van der Waals surface area (Å²) in [5.74, 6) is 0.275. The summed E-state index contributed by atoms with van der Waals surface area (Å²) in [5.41, 5.74) is 9.78. The van der Waals surface area contributed by atoms with Crippen molar-refractivity contribution in [2.45, 2.75) is 20.4 Å². The largest absolute Gasteiger partial charge is 0.370 e. The Labute approximate surface area is 128 Å². The summed E-state index contributed by atoms with van der Waals surface area (Å²) >= 11 is 0. The number of rotatable bonds is 4. The molecule has 2 aromatic rings. The maximum absolute atomic E-state index is 10.7. The molecule has 0 saturated carbocycles. The van der Waals surface area contributed by atoms with Crippen molar-refractivity contribution in [3.05, 3.63) is 69.3 Å². The van der Waals surface area contributed by atoms with Gasteiger partial charge in [-0.1, -0.05) is 18.2 Å². The molecule has 0 saturated heterocycles. The third kappa shape index (κ3) is 4.31. The molecule has 0 atom stereocenters. The van der Waals surface area contributed by atoms with E-state index in [1.807, 2.05) is 26.0 Å². The zero-order valence-corrected chi connectivity index (χ0v) is 12.5. The van der Waals surface area contributed by atoms with Gasteiger partial charge in [-0.3, -0.25) is 10.1 Å². The van der Waals surface area contributed by atoms with Gasteiger partial charge in [-0.2, -0.15) is 0 Å². The van der Waals surface area contributed by atoms with Gasteiger partial charge in [-0.25, -0.2) is 4.99 Å². The number of benzene rings is 2. The SMILES string of the molecule is Cc1cc(C)cc(NC(N)=NCc2cccc([N+](=O)[O-])c2)c1. The van der Waals surface area contributed by atoms with Crippen LogP contribution >= 0.6 is 0 Å². The first kappa shape index (κ1) is 15.5. The molecule has 2 aromatic carbocycles. The van der Waals surface area contributed by atoms with Gasteiger partial charge in [0.1, 0.15) is 0 Å². The fraction of sp³-hybridized carbons (Fsp3) is 0.188. The molecule has 0 radical (unpaired) electrons. The van der Waals surface area contributed by atoms with Crippen LogP contribution in [0.5, 0.6) is 0 Å². The molecule has 0 unspecified atom stereocenters. The molecule has 0 aliphatic rings. The highest BCUT2D eigenvalue weighted by Gasteiger charge is 2.05. The Hall–Kier alpha value is -2.89. The minimum Gasteiger partial charge on any atom is -0.370 e. The zero-order valence-electron chi connectivity index (χ0n) is 12.5. The Morgan fingerprint density at radius 3 is 2.55 bits per heavy atom. The van der Waals surface area contributed by atoms with E-state index >= 15 is 0 Å². The molecule has 22 heavy (non-hydrogen) atoms. The Balaban J connectivity index is 2.06. The van der Waals surface area contributed by atoms with E-state index < -0.39 is 4.92 Å². The lowest BCUT2D eigenvalue weighted by Crippen LogP contribution is -2.22. The second-order valence-electron chi connectivity index (χ2n) is 5.13. The van der Waals surface area contributed by atoms with Crippen molar-refractivity contribution in [1.82, 2.24) is 0 Å². The predicted octanol–water partition coefficient (Wildman–Crippen LogP) is 3.14. The van der Waals surface area contributed by atoms with Crippen LogP contribution in [0.2, 0.25) is 0 Å². The van der Waals surface area contributed by atoms with Crippen LogP contribution in [0.25, 0.3) is 0 Å². The first-order valence-electron chi connectivity index (χ1n) is 6.82. The fourth-order valence-corrected chi connectivity index (χ4v) is 2.18. The van der Waals surface area contributed by atoms with E-state index in [0.29, 0.717) is 0 Å². The molecule has 6 nitrogen and oxygen atoms in total.